The minimum Gasteiger partial charge on any atom is -0.478 e. The number of para-hydroxylation sites is 1. The van der Waals surface area contributed by atoms with E-state index in [0.29, 0.717) is 10.8 Å². The first-order valence-electron chi connectivity index (χ1n) is 5.90. The maximum Gasteiger partial charge on any atom is 0.345 e. The zero-order valence-corrected chi connectivity index (χ0v) is 10.7. The second kappa shape index (κ2) is 4.59. The Labute approximate surface area is 115 Å². The van der Waals surface area contributed by atoms with Crippen LogP contribution < -0.4 is 4.74 Å². The molecule has 2 aromatic carbocycles. The molecule has 2 aromatic rings. The van der Waals surface area contributed by atoms with E-state index >= 15 is 0 Å². The number of aliphatic carboxylic acids is 1. The van der Waals surface area contributed by atoms with Crippen LogP contribution in [0.1, 0.15) is 17.0 Å². The molecular formula is C15H11ClO3. The third kappa shape index (κ3) is 2.06. The van der Waals surface area contributed by atoms with Crippen molar-refractivity contribution >= 4 is 17.6 Å². The molecule has 0 aliphatic carbocycles. The second-order valence-corrected chi connectivity index (χ2v) is 4.88. The van der Waals surface area contributed by atoms with Gasteiger partial charge in [0, 0.05) is 10.6 Å². The summed E-state index contributed by atoms with van der Waals surface area (Å²) in [6, 6.07) is 14.6. The van der Waals surface area contributed by atoms with Crippen molar-refractivity contribution in [3.63, 3.8) is 0 Å². The minimum atomic E-state index is -0.962. The smallest absolute Gasteiger partial charge is 0.345 e. The molecule has 1 heterocycles. The fourth-order valence-corrected chi connectivity index (χ4v) is 2.56. The number of carboxylic acid groups (broad SMARTS) is 1. The molecule has 1 aliphatic heterocycles. The van der Waals surface area contributed by atoms with Crippen LogP contribution in [0.5, 0.6) is 5.75 Å². The highest BCUT2D eigenvalue weighted by atomic mass is 35.5. The Kier molecular flexibility index (Phi) is 2.91. The highest BCUT2D eigenvalue weighted by Crippen LogP contribution is 2.42. The summed E-state index contributed by atoms with van der Waals surface area (Å²) < 4.78 is 5.53. The summed E-state index contributed by atoms with van der Waals surface area (Å²) in [5.41, 5.74) is 1.79. The maximum absolute atomic E-state index is 11.4. The first-order valence-corrected chi connectivity index (χ1v) is 6.28. The molecule has 3 nitrogen and oxygen atoms in total. The lowest BCUT2D eigenvalue weighted by molar-refractivity contribution is -0.144. The molecule has 2 atom stereocenters. The molecule has 3 rings (SSSR count). The van der Waals surface area contributed by atoms with Crippen molar-refractivity contribution in [3.05, 3.63) is 64.7 Å². The average molecular weight is 275 g/mol. The summed E-state index contributed by atoms with van der Waals surface area (Å²) in [7, 11) is 0. The quantitative estimate of drug-likeness (QED) is 0.914. The van der Waals surface area contributed by atoms with Crippen molar-refractivity contribution < 1.29 is 14.6 Å². The average Bonchev–Trinajstić information content (AvgIpc) is 2.79. The van der Waals surface area contributed by atoms with Crippen LogP contribution in [0.2, 0.25) is 5.02 Å². The van der Waals surface area contributed by atoms with Crippen molar-refractivity contribution in [3.8, 4) is 5.75 Å². The molecule has 96 valence electrons. The zero-order chi connectivity index (χ0) is 13.4. The molecule has 0 aromatic heterocycles. The van der Waals surface area contributed by atoms with Gasteiger partial charge in [-0.3, -0.25) is 0 Å². The van der Waals surface area contributed by atoms with Crippen molar-refractivity contribution in [1.29, 1.82) is 0 Å². The predicted molar refractivity (Wildman–Crippen MR) is 71.8 cm³/mol. The van der Waals surface area contributed by atoms with Gasteiger partial charge in [-0.15, -0.1) is 0 Å². The first kappa shape index (κ1) is 12.1. The van der Waals surface area contributed by atoms with E-state index in [2.05, 4.69) is 0 Å². The molecule has 0 bridgehead atoms. The van der Waals surface area contributed by atoms with E-state index in [-0.39, 0.29) is 5.92 Å². The predicted octanol–water partition coefficient (Wildman–Crippen LogP) is 3.32. The van der Waals surface area contributed by atoms with Gasteiger partial charge in [0.15, 0.2) is 0 Å². The summed E-state index contributed by atoms with van der Waals surface area (Å²) in [5, 5.41) is 9.95. The van der Waals surface area contributed by atoms with Crippen molar-refractivity contribution in [2.24, 2.45) is 0 Å². The number of carbonyl (C=O) groups is 1. The summed E-state index contributed by atoms with van der Waals surface area (Å²) in [5.74, 6) is -0.628. The van der Waals surface area contributed by atoms with Gasteiger partial charge in [0.05, 0.1) is 5.92 Å². The van der Waals surface area contributed by atoms with E-state index in [1.807, 2.05) is 30.3 Å². The van der Waals surface area contributed by atoms with Crippen LogP contribution in [0.15, 0.2) is 48.5 Å². The van der Waals surface area contributed by atoms with Crippen LogP contribution in [0.4, 0.5) is 0 Å². The van der Waals surface area contributed by atoms with E-state index in [4.69, 9.17) is 16.3 Å². The molecule has 0 saturated heterocycles. The number of hydrogen-bond donors (Lipinski definition) is 1. The highest BCUT2D eigenvalue weighted by molar-refractivity contribution is 6.30. The fraction of sp³-hybridized carbons (Fsp3) is 0.133. The van der Waals surface area contributed by atoms with Gasteiger partial charge in [-0.1, -0.05) is 41.9 Å². The van der Waals surface area contributed by atoms with Gasteiger partial charge >= 0.3 is 5.97 Å². The summed E-state index contributed by atoms with van der Waals surface area (Å²) >= 11 is 5.87. The molecule has 19 heavy (non-hydrogen) atoms. The number of carboxylic acids is 1. The van der Waals surface area contributed by atoms with Crippen LogP contribution >= 0.6 is 11.6 Å². The summed E-state index contributed by atoms with van der Waals surface area (Å²) in [6.45, 7) is 0. The largest absolute Gasteiger partial charge is 0.478 e. The highest BCUT2D eigenvalue weighted by Gasteiger charge is 2.40. The van der Waals surface area contributed by atoms with Crippen LogP contribution in [0, 0.1) is 0 Å². The standard InChI is InChI=1S/C15H11ClO3/c16-10-7-5-9(6-8-10)13-11-3-1-2-4-12(11)19-14(13)15(17)18/h1-8,13-14H,(H,17,18)/t13-,14-/m0/s1. The molecule has 0 fully saturated rings. The van der Waals surface area contributed by atoms with Crippen LogP contribution in [0.25, 0.3) is 0 Å². The Hall–Kier alpha value is -2.00. The van der Waals surface area contributed by atoms with Gasteiger partial charge in [0.25, 0.3) is 0 Å². The Balaban J connectivity index is 2.09. The Morgan fingerprint density at radius 1 is 1.11 bits per heavy atom. The third-order valence-corrected chi connectivity index (χ3v) is 3.54. The molecule has 0 amide bonds. The lowest BCUT2D eigenvalue weighted by Gasteiger charge is -2.15. The molecule has 0 spiro atoms. The number of hydrogen-bond acceptors (Lipinski definition) is 2. The van der Waals surface area contributed by atoms with Crippen molar-refractivity contribution in [1.82, 2.24) is 0 Å². The minimum absolute atomic E-state index is 0.300. The van der Waals surface area contributed by atoms with Gasteiger partial charge in [0.2, 0.25) is 6.10 Å². The first-order chi connectivity index (χ1) is 9.16. The summed E-state index contributed by atoms with van der Waals surface area (Å²) in [6.07, 6.45) is -0.890. The van der Waals surface area contributed by atoms with E-state index in [1.165, 1.54) is 0 Å². The van der Waals surface area contributed by atoms with Crippen molar-refractivity contribution in [2.75, 3.05) is 0 Å². The van der Waals surface area contributed by atoms with E-state index in [1.54, 1.807) is 18.2 Å². The molecule has 0 unspecified atom stereocenters. The third-order valence-electron chi connectivity index (χ3n) is 3.28. The topological polar surface area (TPSA) is 46.5 Å². The van der Waals surface area contributed by atoms with Gasteiger partial charge in [0.1, 0.15) is 5.75 Å². The number of ether oxygens (including phenoxy) is 1. The molecular weight excluding hydrogens is 264 g/mol. The maximum atomic E-state index is 11.4. The molecule has 0 saturated carbocycles. The number of rotatable bonds is 2. The van der Waals surface area contributed by atoms with E-state index in [9.17, 15) is 9.90 Å². The Morgan fingerprint density at radius 3 is 2.47 bits per heavy atom. The normalized spacial score (nSPS) is 20.7. The molecule has 1 aliphatic rings. The van der Waals surface area contributed by atoms with E-state index in [0.717, 1.165) is 11.1 Å². The number of fused-ring (bicyclic) bond motifs is 1. The Bertz CT molecular complexity index is 622. The van der Waals surface area contributed by atoms with Crippen molar-refractivity contribution in [2.45, 2.75) is 12.0 Å². The van der Waals surface area contributed by atoms with Crippen LogP contribution in [-0.4, -0.2) is 17.2 Å². The zero-order valence-electron chi connectivity index (χ0n) is 9.92. The molecule has 4 heteroatoms. The van der Waals surface area contributed by atoms with Crippen LogP contribution in [0.3, 0.4) is 0 Å². The van der Waals surface area contributed by atoms with Gasteiger partial charge in [-0.2, -0.15) is 0 Å². The lowest BCUT2D eigenvalue weighted by atomic mass is 9.88. The van der Waals surface area contributed by atoms with Gasteiger partial charge in [-0.05, 0) is 23.8 Å². The van der Waals surface area contributed by atoms with E-state index < -0.39 is 12.1 Å². The number of benzene rings is 2. The number of halogens is 1. The van der Waals surface area contributed by atoms with Gasteiger partial charge < -0.3 is 9.84 Å². The molecule has 0 radical (unpaired) electrons. The van der Waals surface area contributed by atoms with Crippen LogP contribution in [-0.2, 0) is 4.79 Å². The second-order valence-electron chi connectivity index (χ2n) is 4.44. The SMILES string of the molecule is O=C(O)[C@H]1Oc2ccccc2[C@@H]1c1ccc(Cl)cc1. The molecule has 1 N–H and O–H groups in total. The van der Waals surface area contributed by atoms with Gasteiger partial charge in [-0.25, -0.2) is 4.79 Å². The fourth-order valence-electron chi connectivity index (χ4n) is 2.43. The Morgan fingerprint density at radius 2 is 1.79 bits per heavy atom. The summed E-state index contributed by atoms with van der Waals surface area (Å²) in [4.78, 5) is 11.4. The lowest BCUT2D eigenvalue weighted by Crippen LogP contribution is -2.29. The monoisotopic (exact) mass is 274 g/mol.